The van der Waals surface area contributed by atoms with Crippen LogP contribution in [0.4, 0.5) is 5.69 Å². The van der Waals surface area contributed by atoms with Gasteiger partial charge in [0.15, 0.2) is 0 Å². The second kappa shape index (κ2) is 8.27. The SMILES string of the molecule is CC(=O)N(CCNC(=O)c1ccccc1Br)c1ccccc1C#N. The molecule has 2 amide bonds. The van der Waals surface area contributed by atoms with E-state index in [4.69, 9.17) is 0 Å². The van der Waals surface area contributed by atoms with Crippen LogP contribution in [0.5, 0.6) is 0 Å². The van der Waals surface area contributed by atoms with Gasteiger partial charge < -0.3 is 10.2 Å². The number of benzene rings is 2. The number of rotatable bonds is 5. The Hall–Kier alpha value is -2.65. The van der Waals surface area contributed by atoms with Gasteiger partial charge in [-0.05, 0) is 40.2 Å². The Morgan fingerprint density at radius 2 is 1.83 bits per heavy atom. The van der Waals surface area contributed by atoms with Crippen LogP contribution in [0.2, 0.25) is 0 Å². The summed E-state index contributed by atoms with van der Waals surface area (Å²) in [6.45, 7) is 1.99. The molecule has 0 aliphatic carbocycles. The molecule has 0 saturated heterocycles. The summed E-state index contributed by atoms with van der Waals surface area (Å²) in [5, 5.41) is 12.0. The standard InChI is InChI=1S/C18H16BrN3O2/c1-13(23)22(17-9-5-2-6-14(17)12-20)11-10-21-18(24)15-7-3-4-8-16(15)19/h2-9H,10-11H2,1H3,(H,21,24). The van der Waals surface area contributed by atoms with Crippen LogP contribution < -0.4 is 10.2 Å². The molecule has 0 heterocycles. The lowest BCUT2D eigenvalue weighted by Gasteiger charge is -2.22. The van der Waals surface area contributed by atoms with Gasteiger partial charge in [0.2, 0.25) is 5.91 Å². The van der Waals surface area contributed by atoms with Crippen molar-refractivity contribution < 1.29 is 9.59 Å². The summed E-state index contributed by atoms with van der Waals surface area (Å²) in [5.41, 5.74) is 1.50. The Morgan fingerprint density at radius 1 is 1.17 bits per heavy atom. The van der Waals surface area contributed by atoms with Crippen molar-refractivity contribution in [1.29, 1.82) is 5.26 Å². The van der Waals surface area contributed by atoms with Crippen LogP contribution in [0.15, 0.2) is 53.0 Å². The minimum Gasteiger partial charge on any atom is -0.350 e. The minimum atomic E-state index is -0.223. The van der Waals surface area contributed by atoms with E-state index in [2.05, 4.69) is 27.3 Å². The first-order valence-corrected chi connectivity index (χ1v) is 8.14. The fraction of sp³-hybridized carbons (Fsp3) is 0.167. The number of nitriles is 1. The van der Waals surface area contributed by atoms with Crippen LogP contribution in [-0.2, 0) is 4.79 Å². The number of carbonyl (C=O) groups excluding carboxylic acids is 2. The summed E-state index contributed by atoms with van der Waals surface area (Å²) < 4.78 is 0.709. The van der Waals surface area contributed by atoms with Crippen molar-refractivity contribution in [2.45, 2.75) is 6.92 Å². The number of hydrogen-bond acceptors (Lipinski definition) is 3. The van der Waals surface area contributed by atoms with Crippen molar-refractivity contribution >= 4 is 33.4 Å². The van der Waals surface area contributed by atoms with E-state index in [1.165, 1.54) is 11.8 Å². The summed E-state index contributed by atoms with van der Waals surface area (Å²) >= 11 is 3.34. The molecule has 0 fully saturated rings. The Balaban J connectivity index is 2.06. The molecule has 6 heteroatoms. The highest BCUT2D eigenvalue weighted by atomic mass is 79.9. The maximum absolute atomic E-state index is 12.2. The summed E-state index contributed by atoms with van der Waals surface area (Å²) in [6.07, 6.45) is 0. The predicted octanol–water partition coefficient (Wildman–Crippen LogP) is 3.10. The number of nitrogens with one attached hydrogen (secondary N) is 1. The molecular weight excluding hydrogens is 370 g/mol. The van der Waals surface area contributed by atoms with Gasteiger partial charge >= 0.3 is 0 Å². The molecule has 0 atom stereocenters. The van der Waals surface area contributed by atoms with Crippen molar-refractivity contribution in [3.05, 3.63) is 64.1 Å². The number of para-hydroxylation sites is 1. The Labute approximate surface area is 149 Å². The third kappa shape index (κ3) is 4.21. The van der Waals surface area contributed by atoms with E-state index < -0.39 is 0 Å². The zero-order valence-electron chi connectivity index (χ0n) is 13.1. The molecule has 5 nitrogen and oxygen atoms in total. The van der Waals surface area contributed by atoms with Gasteiger partial charge in [0.1, 0.15) is 6.07 Å². The second-order valence-electron chi connectivity index (χ2n) is 5.04. The van der Waals surface area contributed by atoms with E-state index in [-0.39, 0.29) is 24.9 Å². The zero-order valence-corrected chi connectivity index (χ0v) is 14.7. The third-order valence-electron chi connectivity index (χ3n) is 3.43. The molecule has 0 saturated carbocycles. The molecule has 0 aliphatic rings. The van der Waals surface area contributed by atoms with Crippen LogP contribution in [0.1, 0.15) is 22.8 Å². The molecule has 0 spiro atoms. The smallest absolute Gasteiger partial charge is 0.252 e. The number of anilines is 1. The van der Waals surface area contributed by atoms with Gasteiger partial charge in [-0.25, -0.2) is 0 Å². The fourth-order valence-electron chi connectivity index (χ4n) is 2.27. The molecule has 122 valence electrons. The van der Waals surface area contributed by atoms with Crippen molar-refractivity contribution in [1.82, 2.24) is 5.32 Å². The van der Waals surface area contributed by atoms with Gasteiger partial charge in [0.25, 0.3) is 5.91 Å². The molecule has 0 aromatic heterocycles. The molecule has 2 aromatic carbocycles. The molecule has 0 unspecified atom stereocenters. The van der Waals surface area contributed by atoms with E-state index in [0.717, 1.165) is 0 Å². The average molecular weight is 386 g/mol. The zero-order chi connectivity index (χ0) is 17.5. The van der Waals surface area contributed by atoms with Gasteiger partial charge in [-0.15, -0.1) is 0 Å². The van der Waals surface area contributed by atoms with E-state index in [9.17, 15) is 14.9 Å². The summed E-state index contributed by atoms with van der Waals surface area (Å²) in [5.74, 6) is -0.410. The van der Waals surface area contributed by atoms with Gasteiger partial charge in [-0.3, -0.25) is 9.59 Å². The summed E-state index contributed by atoms with van der Waals surface area (Å²) in [7, 11) is 0. The normalized spacial score (nSPS) is 9.88. The third-order valence-corrected chi connectivity index (χ3v) is 4.13. The Morgan fingerprint density at radius 3 is 2.50 bits per heavy atom. The highest BCUT2D eigenvalue weighted by molar-refractivity contribution is 9.10. The summed E-state index contributed by atoms with van der Waals surface area (Å²) in [4.78, 5) is 25.6. The average Bonchev–Trinajstić information content (AvgIpc) is 2.58. The first-order valence-electron chi connectivity index (χ1n) is 7.34. The number of carbonyl (C=O) groups is 2. The highest BCUT2D eigenvalue weighted by Gasteiger charge is 2.16. The second-order valence-corrected chi connectivity index (χ2v) is 5.89. The van der Waals surface area contributed by atoms with Crippen LogP contribution >= 0.6 is 15.9 Å². The Bertz CT molecular complexity index is 799. The fourth-order valence-corrected chi connectivity index (χ4v) is 2.74. The first-order chi connectivity index (χ1) is 11.5. The predicted molar refractivity (Wildman–Crippen MR) is 95.7 cm³/mol. The van der Waals surface area contributed by atoms with Crippen molar-refractivity contribution in [2.24, 2.45) is 0 Å². The van der Waals surface area contributed by atoms with Crippen LogP contribution in [0.3, 0.4) is 0 Å². The lowest BCUT2D eigenvalue weighted by Crippen LogP contribution is -2.38. The first kappa shape index (κ1) is 17.7. The lowest BCUT2D eigenvalue weighted by atomic mass is 10.1. The molecule has 24 heavy (non-hydrogen) atoms. The lowest BCUT2D eigenvalue weighted by molar-refractivity contribution is -0.116. The van der Waals surface area contributed by atoms with E-state index in [0.29, 0.717) is 21.3 Å². The number of hydrogen-bond donors (Lipinski definition) is 1. The largest absolute Gasteiger partial charge is 0.350 e. The van der Waals surface area contributed by atoms with Gasteiger partial charge in [0.05, 0.1) is 16.8 Å². The molecule has 0 radical (unpaired) electrons. The molecule has 2 aromatic rings. The molecular formula is C18H16BrN3O2. The quantitative estimate of drug-likeness (QED) is 0.858. The number of nitrogens with zero attached hydrogens (tertiary/aromatic N) is 2. The van der Waals surface area contributed by atoms with E-state index in [1.54, 1.807) is 42.5 Å². The van der Waals surface area contributed by atoms with Gasteiger partial charge in [0, 0.05) is 24.5 Å². The van der Waals surface area contributed by atoms with Crippen molar-refractivity contribution in [2.75, 3.05) is 18.0 Å². The molecule has 1 N–H and O–H groups in total. The minimum absolute atomic E-state index is 0.187. The van der Waals surface area contributed by atoms with Gasteiger partial charge in [-0.2, -0.15) is 5.26 Å². The van der Waals surface area contributed by atoms with Crippen molar-refractivity contribution in [3.63, 3.8) is 0 Å². The van der Waals surface area contributed by atoms with E-state index in [1.807, 2.05) is 6.07 Å². The Kier molecular flexibility index (Phi) is 6.10. The van der Waals surface area contributed by atoms with Crippen molar-refractivity contribution in [3.8, 4) is 6.07 Å². The van der Waals surface area contributed by atoms with Crippen LogP contribution in [0, 0.1) is 11.3 Å². The topological polar surface area (TPSA) is 73.2 Å². The number of amides is 2. The van der Waals surface area contributed by atoms with Gasteiger partial charge in [-0.1, -0.05) is 24.3 Å². The molecule has 0 bridgehead atoms. The van der Waals surface area contributed by atoms with Crippen LogP contribution in [0.25, 0.3) is 0 Å². The molecule has 2 rings (SSSR count). The number of halogens is 1. The summed E-state index contributed by atoms with van der Waals surface area (Å²) in [6, 6.07) is 16.1. The van der Waals surface area contributed by atoms with E-state index >= 15 is 0 Å². The highest BCUT2D eigenvalue weighted by Crippen LogP contribution is 2.19. The monoisotopic (exact) mass is 385 g/mol. The maximum atomic E-state index is 12.2. The maximum Gasteiger partial charge on any atom is 0.252 e. The van der Waals surface area contributed by atoms with Crippen LogP contribution in [-0.4, -0.2) is 24.9 Å². The molecule has 0 aliphatic heterocycles.